The first-order valence-electron chi connectivity index (χ1n) is 6.43. The van der Waals surface area contributed by atoms with Gasteiger partial charge in [0.1, 0.15) is 0 Å². The highest BCUT2D eigenvalue weighted by atomic mass is 16.5. The second kappa shape index (κ2) is 6.01. The van der Waals surface area contributed by atoms with Gasteiger partial charge < -0.3 is 9.64 Å². The molecule has 1 heterocycles. The van der Waals surface area contributed by atoms with E-state index < -0.39 is 0 Å². The van der Waals surface area contributed by atoms with E-state index in [9.17, 15) is 4.79 Å². The van der Waals surface area contributed by atoms with Gasteiger partial charge >= 0.3 is 0 Å². The molecule has 1 saturated heterocycles. The van der Waals surface area contributed by atoms with Crippen LogP contribution in [0.15, 0.2) is 24.3 Å². The molecule has 97 valence electrons. The summed E-state index contributed by atoms with van der Waals surface area (Å²) >= 11 is 0. The van der Waals surface area contributed by atoms with E-state index in [1.165, 1.54) is 5.56 Å². The van der Waals surface area contributed by atoms with E-state index in [0.717, 1.165) is 31.5 Å². The monoisotopic (exact) mass is 246 g/mol. The van der Waals surface area contributed by atoms with Crippen LogP contribution in [0.2, 0.25) is 0 Å². The summed E-state index contributed by atoms with van der Waals surface area (Å²) < 4.78 is 5.88. The molecule has 2 rings (SSSR count). The summed E-state index contributed by atoms with van der Waals surface area (Å²) in [7, 11) is 0. The van der Waals surface area contributed by atoms with E-state index >= 15 is 0 Å². The molecule has 0 bridgehead atoms. The van der Waals surface area contributed by atoms with Crippen LogP contribution in [-0.2, 0) is 16.1 Å². The Balaban J connectivity index is 1.75. The lowest BCUT2D eigenvalue weighted by Crippen LogP contribution is -2.39. The number of benzene rings is 1. The predicted molar refractivity (Wildman–Crippen MR) is 71.0 cm³/mol. The average molecular weight is 246 g/mol. The zero-order chi connectivity index (χ0) is 13.0. The highest BCUT2D eigenvalue weighted by molar-refractivity contribution is 5.73. The first kappa shape index (κ1) is 13.1. The Hall–Kier alpha value is -1.35. The quantitative estimate of drug-likeness (QED) is 0.819. The van der Waals surface area contributed by atoms with Gasteiger partial charge in [0, 0.05) is 20.0 Å². The smallest absolute Gasteiger partial charge is 0.219 e. The first-order chi connectivity index (χ1) is 8.65. The number of hydrogen-bond donors (Lipinski definition) is 0. The molecule has 0 aromatic heterocycles. The van der Waals surface area contributed by atoms with Gasteiger partial charge in [0.2, 0.25) is 5.91 Å². The minimum Gasteiger partial charge on any atom is -0.373 e. The van der Waals surface area contributed by atoms with Crippen LogP contribution in [0.3, 0.4) is 0 Å². The lowest BCUT2D eigenvalue weighted by atomic mass is 10.1. The van der Waals surface area contributed by atoms with Gasteiger partial charge in [-0.2, -0.15) is 0 Å². The van der Waals surface area contributed by atoms with Gasteiger partial charge in [-0.15, -0.1) is 0 Å². The fourth-order valence-electron chi connectivity index (χ4n) is 2.19. The third-order valence-corrected chi connectivity index (χ3v) is 3.40. The highest BCUT2D eigenvalue weighted by Crippen LogP contribution is 2.16. The first-order valence-corrected chi connectivity index (χ1v) is 6.43. The van der Waals surface area contributed by atoms with Crippen molar-refractivity contribution in [2.24, 2.45) is 0 Å². The van der Waals surface area contributed by atoms with Crippen molar-refractivity contribution in [3.05, 3.63) is 42.3 Å². The molecule has 0 aliphatic carbocycles. The molecule has 0 N–H and O–H groups in total. The highest BCUT2D eigenvalue weighted by Gasteiger charge is 2.20. The number of amides is 1. The summed E-state index contributed by atoms with van der Waals surface area (Å²) in [5.41, 5.74) is 2.20. The number of carbonyl (C=O) groups is 1. The number of hydrogen-bond acceptors (Lipinski definition) is 2. The molecular weight excluding hydrogens is 226 g/mol. The van der Waals surface area contributed by atoms with Crippen LogP contribution in [-0.4, -0.2) is 30.0 Å². The Morgan fingerprint density at radius 1 is 1.33 bits per heavy atom. The summed E-state index contributed by atoms with van der Waals surface area (Å²) in [6.07, 6.45) is 2.15. The molecule has 0 saturated carbocycles. The lowest BCUT2D eigenvalue weighted by molar-refractivity contribution is -0.131. The maximum Gasteiger partial charge on any atom is 0.219 e. The van der Waals surface area contributed by atoms with Crippen LogP contribution >= 0.6 is 0 Å². The van der Waals surface area contributed by atoms with Gasteiger partial charge in [-0.25, -0.2) is 0 Å². The number of carbonyl (C=O) groups excluding carboxylic acids is 1. The third-order valence-electron chi connectivity index (χ3n) is 3.40. The molecular formula is C15H20NO2. The van der Waals surface area contributed by atoms with Crippen molar-refractivity contribution in [1.29, 1.82) is 0 Å². The van der Waals surface area contributed by atoms with Crippen LogP contribution in [0.1, 0.15) is 30.9 Å². The molecule has 0 spiro atoms. The van der Waals surface area contributed by atoms with Crippen molar-refractivity contribution in [2.45, 2.75) is 32.5 Å². The average Bonchev–Trinajstić information content (AvgIpc) is 2.38. The molecule has 0 unspecified atom stereocenters. The summed E-state index contributed by atoms with van der Waals surface area (Å²) in [6, 6.07) is 8.09. The van der Waals surface area contributed by atoms with Crippen LogP contribution in [0, 0.1) is 6.92 Å². The topological polar surface area (TPSA) is 29.5 Å². The number of ether oxygens (including phenoxy) is 1. The Bertz CT molecular complexity index is 391. The van der Waals surface area contributed by atoms with E-state index in [1.807, 2.05) is 29.2 Å². The van der Waals surface area contributed by atoms with Crippen molar-refractivity contribution in [1.82, 2.24) is 4.90 Å². The summed E-state index contributed by atoms with van der Waals surface area (Å²) in [5, 5.41) is 0. The fourth-order valence-corrected chi connectivity index (χ4v) is 2.19. The zero-order valence-electron chi connectivity index (χ0n) is 10.9. The normalized spacial score (nSPS) is 16.9. The Morgan fingerprint density at radius 2 is 1.94 bits per heavy atom. The van der Waals surface area contributed by atoms with Gasteiger partial charge in [-0.3, -0.25) is 4.79 Å². The Labute approximate surface area is 109 Å². The number of rotatable bonds is 3. The van der Waals surface area contributed by atoms with Crippen molar-refractivity contribution in [3.63, 3.8) is 0 Å². The lowest BCUT2D eigenvalue weighted by Gasteiger charge is -2.31. The van der Waals surface area contributed by atoms with E-state index in [2.05, 4.69) is 6.92 Å². The number of nitrogens with zero attached hydrogens (tertiary/aromatic N) is 1. The predicted octanol–water partition coefficient (Wildman–Crippen LogP) is 2.40. The van der Waals surface area contributed by atoms with Gasteiger partial charge in [0.25, 0.3) is 0 Å². The van der Waals surface area contributed by atoms with Crippen molar-refractivity contribution < 1.29 is 9.53 Å². The van der Waals surface area contributed by atoms with E-state index in [4.69, 9.17) is 4.74 Å². The standard InChI is InChI=1S/C15H20NO2/c1-12-3-5-14(6-4-12)11-18-15-7-9-16(10-8-15)13(2)17/h3-6,15H,1,7-11H2,2H3. The number of likely N-dealkylation sites (tertiary alicyclic amines) is 1. The SMILES string of the molecule is [CH2]c1ccc(COC2CCN(C(C)=O)CC2)cc1. The van der Waals surface area contributed by atoms with Crippen molar-refractivity contribution >= 4 is 5.91 Å². The fraction of sp³-hybridized carbons (Fsp3) is 0.467. The molecule has 1 radical (unpaired) electrons. The van der Waals surface area contributed by atoms with Gasteiger partial charge in [0.15, 0.2) is 0 Å². The summed E-state index contributed by atoms with van der Waals surface area (Å²) in [4.78, 5) is 13.1. The van der Waals surface area contributed by atoms with Crippen LogP contribution in [0.25, 0.3) is 0 Å². The maximum atomic E-state index is 11.2. The summed E-state index contributed by atoms with van der Waals surface area (Å²) in [5.74, 6) is 0.166. The minimum absolute atomic E-state index is 0.166. The molecule has 1 aromatic carbocycles. The number of piperidine rings is 1. The molecule has 3 nitrogen and oxygen atoms in total. The van der Waals surface area contributed by atoms with Crippen LogP contribution < -0.4 is 0 Å². The molecule has 1 aliphatic heterocycles. The maximum absolute atomic E-state index is 11.2. The largest absolute Gasteiger partial charge is 0.373 e. The third kappa shape index (κ3) is 3.57. The van der Waals surface area contributed by atoms with E-state index in [0.29, 0.717) is 6.61 Å². The molecule has 18 heavy (non-hydrogen) atoms. The molecule has 3 heteroatoms. The summed E-state index contributed by atoms with van der Waals surface area (Å²) in [6.45, 7) is 7.76. The molecule has 0 atom stereocenters. The van der Waals surface area contributed by atoms with Gasteiger partial charge in [-0.1, -0.05) is 24.3 Å². The Kier molecular flexibility index (Phi) is 4.37. The molecule has 1 amide bonds. The molecule has 1 aromatic rings. The van der Waals surface area contributed by atoms with Crippen molar-refractivity contribution in [2.75, 3.05) is 13.1 Å². The minimum atomic E-state index is 0.166. The Morgan fingerprint density at radius 3 is 2.50 bits per heavy atom. The molecule has 1 fully saturated rings. The van der Waals surface area contributed by atoms with Crippen LogP contribution in [0.4, 0.5) is 0 Å². The molecule has 1 aliphatic rings. The van der Waals surface area contributed by atoms with Gasteiger partial charge in [-0.05, 0) is 30.9 Å². The zero-order valence-corrected chi connectivity index (χ0v) is 10.9. The van der Waals surface area contributed by atoms with E-state index in [-0.39, 0.29) is 12.0 Å². The second-order valence-corrected chi connectivity index (χ2v) is 4.83. The van der Waals surface area contributed by atoms with Crippen molar-refractivity contribution in [3.8, 4) is 0 Å². The van der Waals surface area contributed by atoms with Gasteiger partial charge in [0.05, 0.1) is 12.7 Å². The second-order valence-electron chi connectivity index (χ2n) is 4.83. The van der Waals surface area contributed by atoms with E-state index in [1.54, 1.807) is 6.92 Å². The van der Waals surface area contributed by atoms with Crippen LogP contribution in [0.5, 0.6) is 0 Å².